The molecule has 0 bridgehead atoms. The molecule has 26 heavy (non-hydrogen) atoms. The first-order valence-electron chi connectivity index (χ1n) is 9.14. The molecule has 1 fully saturated rings. The average Bonchev–Trinajstić information content (AvgIpc) is 2.68. The Hall–Kier alpha value is -2.59. The number of likely N-dealkylation sites (N-methyl/N-ethyl adjacent to an activating group) is 1. The molecular weight excluding hydrogens is 322 g/mol. The maximum Gasteiger partial charge on any atom is 0.119 e. The molecule has 2 aromatic carbocycles. The third-order valence-electron chi connectivity index (χ3n) is 5.23. The zero-order valence-electron chi connectivity index (χ0n) is 15.7. The SMILES string of the molecule is COc1ccc2nc(C)c(-c3ccccc3)c(N3CCN(C)CC3)c2c1. The van der Waals surface area contributed by atoms with Crippen LogP contribution in [0.4, 0.5) is 5.69 Å². The van der Waals surface area contributed by atoms with Gasteiger partial charge in [-0.2, -0.15) is 0 Å². The van der Waals surface area contributed by atoms with Gasteiger partial charge in [0.1, 0.15) is 5.75 Å². The molecule has 0 radical (unpaired) electrons. The zero-order chi connectivity index (χ0) is 18.1. The van der Waals surface area contributed by atoms with Gasteiger partial charge in [-0.15, -0.1) is 0 Å². The number of hydrogen-bond acceptors (Lipinski definition) is 4. The summed E-state index contributed by atoms with van der Waals surface area (Å²) in [7, 11) is 3.91. The Bertz CT molecular complexity index is 916. The molecule has 0 aliphatic carbocycles. The van der Waals surface area contributed by atoms with E-state index >= 15 is 0 Å². The maximum atomic E-state index is 5.50. The molecule has 0 spiro atoms. The fourth-order valence-corrected chi connectivity index (χ4v) is 3.78. The number of pyridine rings is 1. The summed E-state index contributed by atoms with van der Waals surface area (Å²) in [4.78, 5) is 9.80. The van der Waals surface area contributed by atoms with Crippen molar-refractivity contribution >= 4 is 16.6 Å². The summed E-state index contributed by atoms with van der Waals surface area (Å²) in [6.07, 6.45) is 0. The van der Waals surface area contributed by atoms with Gasteiger partial charge < -0.3 is 14.5 Å². The van der Waals surface area contributed by atoms with Crippen molar-refractivity contribution in [2.75, 3.05) is 45.2 Å². The third kappa shape index (κ3) is 3.01. The number of methoxy groups -OCH3 is 1. The van der Waals surface area contributed by atoms with Crippen LogP contribution >= 0.6 is 0 Å². The minimum atomic E-state index is 0.873. The molecule has 1 aliphatic heterocycles. The lowest BCUT2D eigenvalue weighted by Gasteiger charge is -2.36. The lowest BCUT2D eigenvalue weighted by molar-refractivity contribution is 0.313. The number of aromatic nitrogens is 1. The van der Waals surface area contributed by atoms with Gasteiger partial charge in [0.05, 0.1) is 18.3 Å². The molecule has 2 heterocycles. The zero-order valence-corrected chi connectivity index (χ0v) is 15.7. The third-order valence-corrected chi connectivity index (χ3v) is 5.23. The van der Waals surface area contributed by atoms with Gasteiger partial charge in [0.25, 0.3) is 0 Å². The van der Waals surface area contributed by atoms with Crippen molar-refractivity contribution in [3.63, 3.8) is 0 Å². The van der Waals surface area contributed by atoms with E-state index in [1.54, 1.807) is 7.11 Å². The number of rotatable bonds is 3. The van der Waals surface area contributed by atoms with Crippen molar-refractivity contribution in [3.8, 4) is 16.9 Å². The fourth-order valence-electron chi connectivity index (χ4n) is 3.78. The Labute approximate surface area is 155 Å². The van der Waals surface area contributed by atoms with Gasteiger partial charge in [0.2, 0.25) is 0 Å². The summed E-state index contributed by atoms with van der Waals surface area (Å²) in [6, 6.07) is 16.8. The van der Waals surface area contributed by atoms with Gasteiger partial charge in [0.15, 0.2) is 0 Å². The highest BCUT2D eigenvalue weighted by molar-refractivity contribution is 6.01. The molecule has 134 valence electrons. The Morgan fingerprint density at radius 1 is 0.962 bits per heavy atom. The smallest absolute Gasteiger partial charge is 0.119 e. The molecule has 0 amide bonds. The van der Waals surface area contributed by atoms with Crippen molar-refractivity contribution in [2.24, 2.45) is 0 Å². The summed E-state index contributed by atoms with van der Waals surface area (Å²) in [5.41, 5.74) is 5.83. The van der Waals surface area contributed by atoms with E-state index in [9.17, 15) is 0 Å². The topological polar surface area (TPSA) is 28.6 Å². The van der Waals surface area contributed by atoms with Crippen LogP contribution in [0.5, 0.6) is 5.75 Å². The molecule has 1 aromatic heterocycles. The number of fused-ring (bicyclic) bond motifs is 1. The predicted molar refractivity (Wildman–Crippen MR) is 108 cm³/mol. The molecule has 4 heteroatoms. The Kier molecular flexibility index (Phi) is 4.51. The summed E-state index contributed by atoms with van der Waals surface area (Å²) < 4.78 is 5.50. The van der Waals surface area contributed by atoms with Crippen LogP contribution in [0.15, 0.2) is 48.5 Å². The van der Waals surface area contributed by atoms with E-state index in [-0.39, 0.29) is 0 Å². The summed E-state index contributed by atoms with van der Waals surface area (Å²) in [5.74, 6) is 0.873. The Morgan fingerprint density at radius 3 is 2.38 bits per heavy atom. The first-order chi connectivity index (χ1) is 12.7. The quantitative estimate of drug-likeness (QED) is 0.717. The highest BCUT2D eigenvalue weighted by atomic mass is 16.5. The van der Waals surface area contributed by atoms with Crippen LogP contribution in [0.3, 0.4) is 0 Å². The number of ether oxygens (including phenoxy) is 1. The van der Waals surface area contributed by atoms with Crippen LogP contribution in [0, 0.1) is 6.92 Å². The van der Waals surface area contributed by atoms with Gasteiger partial charge in [-0.05, 0) is 37.7 Å². The number of aryl methyl sites for hydroxylation is 1. The van der Waals surface area contributed by atoms with Crippen LogP contribution in [0.2, 0.25) is 0 Å². The van der Waals surface area contributed by atoms with Crippen LogP contribution < -0.4 is 9.64 Å². The van der Waals surface area contributed by atoms with Crippen molar-refractivity contribution in [1.82, 2.24) is 9.88 Å². The summed E-state index contributed by atoms with van der Waals surface area (Å²) in [6.45, 7) is 6.30. The number of benzene rings is 2. The van der Waals surface area contributed by atoms with E-state index in [1.807, 2.05) is 6.07 Å². The minimum Gasteiger partial charge on any atom is -0.497 e. The van der Waals surface area contributed by atoms with E-state index in [0.717, 1.165) is 43.1 Å². The number of piperazine rings is 1. The average molecular weight is 347 g/mol. The lowest BCUT2D eigenvalue weighted by atomic mass is 9.97. The molecule has 4 rings (SSSR count). The molecule has 0 atom stereocenters. The molecule has 4 nitrogen and oxygen atoms in total. The minimum absolute atomic E-state index is 0.873. The highest BCUT2D eigenvalue weighted by Gasteiger charge is 2.23. The van der Waals surface area contributed by atoms with Crippen LogP contribution in [0.25, 0.3) is 22.0 Å². The molecular formula is C22H25N3O. The maximum absolute atomic E-state index is 5.50. The molecule has 3 aromatic rings. The number of anilines is 1. The largest absolute Gasteiger partial charge is 0.497 e. The highest BCUT2D eigenvalue weighted by Crippen LogP contribution is 2.40. The van der Waals surface area contributed by atoms with Crippen molar-refractivity contribution in [3.05, 3.63) is 54.2 Å². The number of nitrogens with zero attached hydrogens (tertiary/aromatic N) is 3. The van der Waals surface area contributed by atoms with E-state index in [2.05, 4.69) is 66.2 Å². The predicted octanol–water partition coefficient (Wildman–Crippen LogP) is 3.97. The second kappa shape index (κ2) is 6.96. The first kappa shape index (κ1) is 16.9. The van der Waals surface area contributed by atoms with Crippen LogP contribution in [-0.2, 0) is 0 Å². The Balaban J connectivity index is 1.99. The normalized spacial score (nSPS) is 15.4. The molecule has 1 saturated heterocycles. The Morgan fingerprint density at radius 2 is 1.69 bits per heavy atom. The second-order valence-electron chi connectivity index (χ2n) is 6.96. The second-order valence-corrected chi connectivity index (χ2v) is 6.96. The van der Waals surface area contributed by atoms with E-state index in [4.69, 9.17) is 9.72 Å². The van der Waals surface area contributed by atoms with Crippen LogP contribution in [-0.4, -0.2) is 50.2 Å². The van der Waals surface area contributed by atoms with Gasteiger partial charge in [-0.25, -0.2) is 0 Å². The van der Waals surface area contributed by atoms with Gasteiger partial charge in [-0.3, -0.25) is 4.98 Å². The van der Waals surface area contributed by atoms with Crippen LogP contribution in [0.1, 0.15) is 5.69 Å². The van der Waals surface area contributed by atoms with Gasteiger partial charge >= 0.3 is 0 Å². The first-order valence-corrected chi connectivity index (χ1v) is 9.14. The standard InChI is InChI=1S/C22H25N3O/c1-16-21(17-7-5-4-6-8-17)22(25-13-11-24(2)12-14-25)19-15-18(26-3)9-10-20(19)23-16/h4-10,15H,11-14H2,1-3H3. The van der Waals surface area contributed by atoms with Gasteiger partial charge in [-0.1, -0.05) is 30.3 Å². The molecule has 1 aliphatic rings. The number of hydrogen-bond donors (Lipinski definition) is 0. The van der Waals surface area contributed by atoms with Crippen molar-refractivity contribution in [2.45, 2.75) is 6.92 Å². The molecule has 0 saturated carbocycles. The lowest BCUT2D eigenvalue weighted by Crippen LogP contribution is -2.44. The van der Waals surface area contributed by atoms with E-state index < -0.39 is 0 Å². The molecule has 0 N–H and O–H groups in total. The van der Waals surface area contributed by atoms with Crippen molar-refractivity contribution < 1.29 is 4.74 Å². The summed E-state index contributed by atoms with van der Waals surface area (Å²) in [5, 5.41) is 1.17. The van der Waals surface area contributed by atoms with Crippen molar-refractivity contribution in [1.29, 1.82) is 0 Å². The van der Waals surface area contributed by atoms with E-state index in [0.29, 0.717) is 0 Å². The van der Waals surface area contributed by atoms with E-state index in [1.165, 1.54) is 22.2 Å². The van der Waals surface area contributed by atoms with Gasteiger partial charge in [0, 0.05) is 42.8 Å². The summed E-state index contributed by atoms with van der Waals surface area (Å²) >= 11 is 0. The molecule has 0 unspecified atom stereocenters. The monoisotopic (exact) mass is 347 g/mol. The fraction of sp³-hybridized carbons (Fsp3) is 0.318.